The first-order valence-electron chi connectivity index (χ1n) is 6.99. The van der Waals surface area contributed by atoms with Crippen molar-refractivity contribution in [2.45, 2.75) is 25.4 Å². The van der Waals surface area contributed by atoms with E-state index in [1.165, 1.54) is 0 Å². The summed E-state index contributed by atoms with van der Waals surface area (Å²) in [6, 6.07) is 5.74. The third-order valence-corrected chi connectivity index (χ3v) is 3.50. The van der Waals surface area contributed by atoms with Crippen molar-refractivity contribution in [1.82, 2.24) is 5.32 Å². The molecule has 20 heavy (non-hydrogen) atoms. The van der Waals surface area contributed by atoms with Gasteiger partial charge in [-0.1, -0.05) is 0 Å². The van der Waals surface area contributed by atoms with Crippen LogP contribution < -0.4 is 14.8 Å². The standard InChI is InChI=1S/C15H19NO4/c1-10-8-18-9-12(16-10)7-13(17)11-2-3-14-15(6-11)20-5-4-19-14/h2-3,6,10,12,16H,4-5,7-9H2,1H3. The lowest BCUT2D eigenvalue weighted by Crippen LogP contribution is -2.48. The lowest BCUT2D eigenvalue weighted by molar-refractivity contribution is 0.0463. The molecule has 0 aromatic heterocycles. The number of ketones is 1. The van der Waals surface area contributed by atoms with Crippen molar-refractivity contribution in [1.29, 1.82) is 0 Å². The molecule has 0 aliphatic carbocycles. The van der Waals surface area contributed by atoms with Crippen LogP contribution in [0.25, 0.3) is 0 Å². The first-order chi connectivity index (χ1) is 9.72. The van der Waals surface area contributed by atoms with Gasteiger partial charge in [-0.15, -0.1) is 0 Å². The lowest BCUT2D eigenvalue weighted by Gasteiger charge is -2.28. The van der Waals surface area contributed by atoms with Crippen molar-refractivity contribution in [2.24, 2.45) is 0 Å². The van der Waals surface area contributed by atoms with Crippen molar-refractivity contribution >= 4 is 5.78 Å². The van der Waals surface area contributed by atoms with E-state index in [-0.39, 0.29) is 11.8 Å². The zero-order valence-corrected chi connectivity index (χ0v) is 11.6. The van der Waals surface area contributed by atoms with Crippen molar-refractivity contribution in [3.8, 4) is 11.5 Å². The number of hydrogen-bond acceptors (Lipinski definition) is 5. The molecule has 0 bridgehead atoms. The van der Waals surface area contributed by atoms with Crippen molar-refractivity contribution in [3.63, 3.8) is 0 Å². The predicted molar refractivity (Wildman–Crippen MR) is 73.6 cm³/mol. The minimum atomic E-state index is 0.0828. The molecule has 3 rings (SSSR count). The molecule has 108 valence electrons. The molecular formula is C15H19NO4. The number of Topliss-reactive ketones (excluding diaryl/α,β-unsaturated/α-hetero) is 1. The summed E-state index contributed by atoms with van der Waals surface area (Å²) in [5, 5.41) is 3.38. The van der Waals surface area contributed by atoms with Gasteiger partial charge in [0.15, 0.2) is 17.3 Å². The van der Waals surface area contributed by atoms with Gasteiger partial charge in [0.2, 0.25) is 0 Å². The highest BCUT2D eigenvalue weighted by molar-refractivity contribution is 5.97. The topological polar surface area (TPSA) is 56.8 Å². The van der Waals surface area contributed by atoms with Crippen LogP contribution >= 0.6 is 0 Å². The highest BCUT2D eigenvalue weighted by atomic mass is 16.6. The van der Waals surface area contributed by atoms with Crippen molar-refractivity contribution < 1.29 is 19.0 Å². The molecule has 1 fully saturated rings. The number of ether oxygens (including phenoxy) is 3. The molecule has 2 unspecified atom stereocenters. The summed E-state index contributed by atoms with van der Waals surface area (Å²) in [6.07, 6.45) is 0.435. The van der Waals surface area contributed by atoms with Gasteiger partial charge in [-0.2, -0.15) is 0 Å². The third kappa shape index (κ3) is 2.94. The maximum atomic E-state index is 12.3. The third-order valence-electron chi connectivity index (χ3n) is 3.50. The maximum Gasteiger partial charge on any atom is 0.164 e. The van der Waals surface area contributed by atoms with E-state index >= 15 is 0 Å². The molecular weight excluding hydrogens is 258 g/mol. The van der Waals surface area contributed by atoms with E-state index in [0.29, 0.717) is 56.0 Å². The average molecular weight is 277 g/mol. The van der Waals surface area contributed by atoms with E-state index in [1.807, 2.05) is 0 Å². The second-order valence-corrected chi connectivity index (χ2v) is 5.29. The molecule has 0 amide bonds. The Morgan fingerprint density at radius 2 is 2.05 bits per heavy atom. The van der Waals surface area contributed by atoms with Crippen LogP contribution in [-0.4, -0.2) is 44.3 Å². The number of morpholine rings is 1. The quantitative estimate of drug-likeness (QED) is 0.847. The minimum absolute atomic E-state index is 0.0828. The van der Waals surface area contributed by atoms with Gasteiger partial charge in [0, 0.05) is 24.1 Å². The molecule has 2 aliphatic heterocycles. The van der Waals surface area contributed by atoms with Crippen molar-refractivity contribution in [3.05, 3.63) is 23.8 Å². The van der Waals surface area contributed by atoms with E-state index in [0.717, 1.165) is 0 Å². The molecule has 0 radical (unpaired) electrons. The molecule has 1 N–H and O–H groups in total. The summed E-state index contributed by atoms with van der Waals surface area (Å²) >= 11 is 0. The molecule has 2 atom stereocenters. The molecule has 1 saturated heterocycles. The highest BCUT2D eigenvalue weighted by Crippen LogP contribution is 2.31. The lowest BCUT2D eigenvalue weighted by atomic mass is 10.0. The Bertz CT molecular complexity index is 503. The van der Waals surface area contributed by atoms with Gasteiger partial charge in [-0.3, -0.25) is 4.79 Å². The van der Waals surface area contributed by atoms with E-state index in [9.17, 15) is 4.79 Å². The van der Waals surface area contributed by atoms with E-state index in [4.69, 9.17) is 14.2 Å². The van der Waals surface area contributed by atoms with Crippen LogP contribution in [0.4, 0.5) is 0 Å². The number of rotatable bonds is 3. The van der Waals surface area contributed by atoms with Crippen LogP contribution in [-0.2, 0) is 4.74 Å². The molecule has 1 aromatic rings. The fraction of sp³-hybridized carbons (Fsp3) is 0.533. The van der Waals surface area contributed by atoms with Gasteiger partial charge in [-0.05, 0) is 25.1 Å². The monoisotopic (exact) mass is 277 g/mol. The Balaban J connectivity index is 1.67. The van der Waals surface area contributed by atoms with Crippen LogP contribution in [0, 0.1) is 0 Å². The smallest absolute Gasteiger partial charge is 0.164 e. The molecule has 5 nitrogen and oxygen atoms in total. The second kappa shape index (κ2) is 5.81. The first kappa shape index (κ1) is 13.4. The van der Waals surface area contributed by atoms with Crippen LogP contribution in [0.3, 0.4) is 0 Å². The van der Waals surface area contributed by atoms with Gasteiger partial charge < -0.3 is 19.5 Å². The normalized spacial score (nSPS) is 25.2. The molecule has 2 aliphatic rings. The number of fused-ring (bicyclic) bond motifs is 1. The van der Waals surface area contributed by atoms with Crippen LogP contribution in [0.2, 0.25) is 0 Å². The largest absolute Gasteiger partial charge is 0.486 e. The molecule has 1 aromatic carbocycles. The fourth-order valence-corrected chi connectivity index (χ4v) is 2.56. The summed E-state index contributed by atoms with van der Waals surface area (Å²) in [4.78, 5) is 12.3. The second-order valence-electron chi connectivity index (χ2n) is 5.29. The molecule has 5 heteroatoms. The zero-order valence-electron chi connectivity index (χ0n) is 11.6. The Morgan fingerprint density at radius 3 is 2.85 bits per heavy atom. The fourth-order valence-electron chi connectivity index (χ4n) is 2.56. The number of carbonyl (C=O) groups excluding carboxylic acids is 1. The summed E-state index contributed by atoms with van der Waals surface area (Å²) in [6.45, 7) is 4.43. The Kier molecular flexibility index (Phi) is 3.89. The highest BCUT2D eigenvalue weighted by Gasteiger charge is 2.22. The molecule has 2 heterocycles. The molecule has 0 spiro atoms. The number of nitrogens with one attached hydrogen (secondary N) is 1. The minimum Gasteiger partial charge on any atom is -0.486 e. The predicted octanol–water partition coefficient (Wildman–Crippen LogP) is 1.41. The SMILES string of the molecule is CC1COCC(CC(=O)c2ccc3c(c2)OCCO3)N1. The summed E-state index contributed by atoms with van der Waals surface area (Å²) in [5.74, 6) is 1.46. The van der Waals surface area contributed by atoms with Crippen LogP contribution in [0.5, 0.6) is 11.5 Å². The number of hydrogen-bond donors (Lipinski definition) is 1. The van der Waals surface area contributed by atoms with Crippen LogP contribution in [0.15, 0.2) is 18.2 Å². The maximum absolute atomic E-state index is 12.3. The van der Waals surface area contributed by atoms with Gasteiger partial charge in [0.1, 0.15) is 13.2 Å². The summed E-state index contributed by atoms with van der Waals surface area (Å²) in [5.41, 5.74) is 0.661. The van der Waals surface area contributed by atoms with E-state index in [1.54, 1.807) is 18.2 Å². The van der Waals surface area contributed by atoms with E-state index in [2.05, 4.69) is 12.2 Å². The Labute approximate surface area is 118 Å². The number of benzene rings is 1. The summed E-state index contributed by atoms with van der Waals surface area (Å²) < 4.78 is 16.4. The molecule has 0 saturated carbocycles. The zero-order chi connectivity index (χ0) is 13.9. The van der Waals surface area contributed by atoms with Crippen molar-refractivity contribution in [2.75, 3.05) is 26.4 Å². The first-order valence-corrected chi connectivity index (χ1v) is 6.99. The van der Waals surface area contributed by atoms with Gasteiger partial charge >= 0.3 is 0 Å². The Morgan fingerprint density at radius 1 is 1.25 bits per heavy atom. The van der Waals surface area contributed by atoms with Gasteiger partial charge in [0.05, 0.1) is 13.2 Å². The van der Waals surface area contributed by atoms with Crippen LogP contribution in [0.1, 0.15) is 23.7 Å². The van der Waals surface area contributed by atoms with Gasteiger partial charge in [0.25, 0.3) is 0 Å². The Hall–Kier alpha value is -1.59. The van der Waals surface area contributed by atoms with E-state index < -0.39 is 0 Å². The average Bonchev–Trinajstić information content (AvgIpc) is 2.47. The van der Waals surface area contributed by atoms with Gasteiger partial charge in [-0.25, -0.2) is 0 Å². The summed E-state index contributed by atoms with van der Waals surface area (Å²) in [7, 11) is 0. The number of carbonyl (C=O) groups is 1.